The molecule has 0 spiro atoms. The first-order valence-electron chi connectivity index (χ1n) is 6.95. The topological polar surface area (TPSA) is 64.0 Å². The molecule has 0 fully saturated rings. The molecule has 0 atom stereocenters. The fourth-order valence-corrected chi connectivity index (χ4v) is 4.21. The Morgan fingerprint density at radius 3 is 2.61 bits per heavy atom. The van der Waals surface area contributed by atoms with Crippen LogP contribution in [0.1, 0.15) is 0 Å². The second-order valence-corrected chi connectivity index (χ2v) is 7.06. The molecule has 114 valence electrons. The molecule has 1 amide bonds. The van der Waals surface area contributed by atoms with Gasteiger partial charge < -0.3 is 5.32 Å². The Kier molecular flexibility index (Phi) is 3.44. The summed E-state index contributed by atoms with van der Waals surface area (Å²) in [5.41, 5.74) is 0.719. The molecule has 2 aromatic carbocycles. The van der Waals surface area contributed by atoms with Gasteiger partial charge in [0.1, 0.15) is 6.54 Å². The smallest absolute Gasteiger partial charge is 0.268 e. The van der Waals surface area contributed by atoms with Gasteiger partial charge in [0, 0.05) is 0 Å². The SMILES string of the molecule is O=C(Cn1sc2ccccc2c1=O)Nc1nc2ccccc2s1. The summed E-state index contributed by atoms with van der Waals surface area (Å²) in [6.45, 7) is -0.00585. The van der Waals surface area contributed by atoms with Crippen LogP contribution in [0.3, 0.4) is 0 Å². The first kappa shape index (κ1) is 14.1. The summed E-state index contributed by atoms with van der Waals surface area (Å²) in [5.74, 6) is -0.252. The molecular formula is C16H11N3O2S2. The van der Waals surface area contributed by atoms with Crippen molar-refractivity contribution in [1.29, 1.82) is 0 Å². The number of thiazole rings is 1. The summed E-state index contributed by atoms with van der Waals surface area (Å²) in [4.78, 5) is 28.8. The summed E-state index contributed by atoms with van der Waals surface area (Å²) in [6.07, 6.45) is 0. The number of benzene rings is 2. The van der Waals surface area contributed by atoms with Crippen LogP contribution in [0.5, 0.6) is 0 Å². The number of anilines is 1. The van der Waals surface area contributed by atoms with E-state index >= 15 is 0 Å². The summed E-state index contributed by atoms with van der Waals surface area (Å²) in [5, 5.41) is 3.96. The molecule has 0 aliphatic rings. The van der Waals surface area contributed by atoms with Gasteiger partial charge in [-0.1, -0.05) is 47.1 Å². The van der Waals surface area contributed by atoms with Crippen LogP contribution in [0.4, 0.5) is 5.13 Å². The number of nitrogens with zero attached hydrogens (tertiary/aromatic N) is 2. The predicted molar refractivity (Wildman–Crippen MR) is 94.3 cm³/mol. The number of hydrogen-bond acceptors (Lipinski definition) is 5. The lowest BCUT2D eigenvalue weighted by Crippen LogP contribution is -2.23. The van der Waals surface area contributed by atoms with Crippen molar-refractivity contribution in [2.24, 2.45) is 0 Å². The molecule has 0 saturated heterocycles. The molecule has 2 aromatic heterocycles. The van der Waals surface area contributed by atoms with Crippen molar-refractivity contribution in [2.75, 3.05) is 5.32 Å². The molecule has 0 aliphatic carbocycles. The zero-order valence-electron chi connectivity index (χ0n) is 11.9. The quantitative estimate of drug-likeness (QED) is 0.622. The Labute approximate surface area is 139 Å². The van der Waals surface area contributed by atoms with Gasteiger partial charge in [-0.25, -0.2) is 4.98 Å². The number of para-hydroxylation sites is 1. The number of rotatable bonds is 3. The highest BCUT2D eigenvalue weighted by Crippen LogP contribution is 2.25. The normalized spacial score (nSPS) is 11.1. The van der Waals surface area contributed by atoms with E-state index in [9.17, 15) is 9.59 Å². The van der Waals surface area contributed by atoms with Gasteiger partial charge in [0.15, 0.2) is 5.13 Å². The van der Waals surface area contributed by atoms with Crippen LogP contribution in [0, 0.1) is 0 Å². The van der Waals surface area contributed by atoms with Gasteiger partial charge >= 0.3 is 0 Å². The molecule has 1 N–H and O–H groups in total. The van der Waals surface area contributed by atoms with Crippen molar-refractivity contribution >= 4 is 54.2 Å². The van der Waals surface area contributed by atoms with Crippen molar-refractivity contribution in [2.45, 2.75) is 6.54 Å². The number of fused-ring (bicyclic) bond motifs is 2. The van der Waals surface area contributed by atoms with Crippen LogP contribution in [-0.4, -0.2) is 14.8 Å². The monoisotopic (exact) mass is 341 g/mol. The van der Waals surface area contributed by atoms with E-state index in [0.29, 0.717) is 10.5 Å². The molecule has 0 saturated carbocycles. The highest BCUT2D eigenvalue weighted by atomic mass is 32.1. The lowest BCUT2D eigenvalue weighted by molar-refractivity contribution is -0.116. The van der Waals surface area contributed by atoms with E-state index in [1.54, 1.807) is 6.07 Å². The fourth-order valence-electron chi connectivity index (χ4n) is 2.34. The Morgan fingerprint density at radius 1 is 1.09 bits per heavy atom. The van der Waals surface area contributed by atoms with Gasteiger partial charge in [0.2, 0.25) is 5.91 Å². The minimum atomic E-state index is -0.252. The van der Waals surface area contributed by atoms with Crippen molar-refractivity contribution in [1.82, 2.24) is 8.94 Å². The number of amides is 1. The van der Waals surface area contributed by atoms with Crippen LogP contribution in [0.25, 0.3) is 20.3 Å². The van der Waals surface area contributed by atoms with E-state index < -0.39 is 0 Å². The molecule has 0 bridgehead atoms. The number of aromatic nitrogens is 2. The first-order valence-corrected chi connectivity index (χ1v) is 8.54. The average molecular weight is 341 g/mol. The van der Waals surface area contributed by atoms with Crippen LogP contribution in [0.2, 0.25) is 0 Å². The first-order chi connectivity index (χ1) is 11.2. The molecule has 0 aliphatic heterocycles. The lowest BCUT2D eigenvalue weighted by Gasteiger charge is -2.00. The largest absolute Gasteiger partial charge is 0.300 e. The third-order valence-corrected chi connectivity index (χ3v) is 5.40. The van der Waals surface area contributed by atoms with E-state index in [4.69, 9.17) is 0 Å². The van der Waals surface area contributed by atoms with Gasteiger partial charge in [-0.05, 0) is 24.3 Å². The Hall–Kier alpha value is -2.51. The van der Waals surface area contributed by atoms with E-state index in [2.05, 4.69) is 10.3 Å². The molecular weight excluding hydrogens is 330 g/mol. The van der Waals surface area contributed by atoms with Crippen molar-refractivity contribution < 1.29 is 4.79 Å². The minimum absolute atomic E-state index is 0.00585. The van der Waals surface area contributed by atoms with Gasteiger partial charge in [-0.15, -0.1) is 0 Å². The van der Waals surface area contributed by atoms with Crippen LogP contribution >= 0.6 is 22.9 Å². The van der Waals surface area contributed by atoms with E-state index in [0.717, 1.165) is 14.9 Å². The Bertz CT molecular complexity index is 1040. The second-order valence-electron chi connectivity index (χ2n) is 4.96. The van der Waals surface area contributed by atoms with E-state index in [-0.39, 0.29) is 18.0 Å². The van der Waals surface area contributed by atoms with Gasteiger partial charge in [0.05, 0.1) is 20.3 Å². The lowest BCUT2D eigenvalue weighted by atomic mass is 10.3. The summed E-state index contributed by atoms with van der Waals surface area (Å²) >= 11 is 2.71. The maximum Gasteiger partial charge on any atom is 0.268 e. The van der Waals surface area contributed by atoms with Crippen molar-refractivity contribution in [3.63, 3.8) is 0 Å². The molecule has 0 unspecified atom stereocenters. The molecule has 7 heteroatoms. The van der Waals surface area contributed by atoms with Crippen LogP contribution in [-0.2, 0) is 11.3 Å². The Balaban J connectivity index is 1.57. The summed E-state index contributed by atoms with van der Waals surface area (Å²) < 4.78 is 3.36. The Morgan fingerprint density at radius 2 is 1.83 bits per heavy atom. The van der Waals surface area contributed by atoms with Crippen molar-refractivity contribution in [3.05, 3.63) is 58.9 Å². The predicted octanol–water partition coefficient (Wildman–Crippen LogP) is 3.31. The average Bonchev–Trinajstić information content (AvgIpc) is 3.09. The molecule has 4 rings (SSSR count). The standard InChI is InChI=1S/C16H11N3O2S2/c20-14(18-16-17-11-6-2-4-8-13(11)22-16)9-19-15(21)10-5-1-3-7-12(10)23-19/h1-8H,9H2,(H,17,18,20). The van der Waals surface area contributed by atoms with Gasteiger partial charge in [0.25, 0.3) is 5.56 Å². The molecule has 4 aromatic rings. The molecule has 5 nitrogen and oxygen atoms in total. The number of carbonyl (C=O) groups excluding carboxylic acids is 1. The van der Waals surface area contributed by atoms with Gasteiger partial charge in [-0.2, -0.15) is 0 Å². The second kappa shape index (κ2) is 5.60. The third-order valence-electron chi connectivity index (χ3n) is 3.38. The van der Waals surface area contributed by atoms with Gasteiger partial charge in [-0.3, -0.25) is 13.5 Å². The van der Waals surface area contributed by atoms with Crippen molar-refractivity contribution in [3.8, 4) is 0 Å². The minimum Gasteiger partial charge on any atom is -0.300 e. The highest BCUT2D eigenvalue weighted by Gasteiger charge is 2.12. The van der Waals surface area contributed by atoms with Crippen LogP contribution < -0.4 is 10.9 Å². The number of hydrogen-bond donors (Lipinski definition) is 1. The zero-order valence-corrected chi connectivity index (χ0v) is 13.5. The molecule has 0 radical (unpaired) electrons. The third kappa shape index (κ3) is 2.64. The maximum absolute atomic E-state index is 12.2. The summed E-state index contributed by atoms with van der Waals surface area (Å²) in [7, 11) is 0. The highest BCUT2D eigenvalue weighted by molar-refractivity contribution is 7.22. The van der Waals surface area contributed by atoms with Crippen LogP contribution in [0.15, 0.2) is 53.3 Å². The van der Waals surface area contributed by atoms with E-state index in [1.165, 1.54) is 26.8 Å². The molecule has 2 heterocycles. The zero-order chi connectivity index (χ0) is 15.8. The maximum atomic E-state index is 12.2. The van der Waals surface area contributed by atoms with E-state index in [1.807, 2.05) is 42.5 Å². The number of carbonyl (C=O) groups is 1. The molecule has 23 heavy (non-hydrogen) atoms. The fraction of sp³-hybridized carbons (Fsp3) is 0.0625. The number of nitrogens with one attached hydrogen (secondary N) is 1. The summed E-state index contributed by atoms with van der Waals surface area (Å²) in [6, 6.07) is 15.1.